The van der Waals surface area contributed by atoms with Crippen LogP contribution in [0.5, 0.6) is 0 Å². The fourth-order valence-corrected chi connectivity index (χ4v) is 2.72. The highest BCUT2D eigenvalue weighted by Gasteiger charge is 2.13. The summed E-state index contributed by atoms with van der Waals surface area (Å²) >= 11 is 9.45. The molecule has 2 N–H and O–H groups in total. The third-order valence-corrected chi connectivity index (χ3v) is 3.86. The maximum absolute atomic E-state index is 12.5. The first-order valence-electron chi connectivity index (χ1n) is 6.62. The number of hydrogen-bond donors (Lipinski definition) is 2. The predicted molar refractivity (Wildman–Crippen MR) is 92.4 cm³/mol. The summed E-state index contributed by atoms with van der Waals surface area (Å²) in [6, 6.07) is 11.0. The van der Waals surface area contributed by atoms with Crippen LogP contribution in [-0.2, 0) is 0 Å². The second-order valence-electron chi connectivity index (χ2n) is 4.66. The van der Waals surface area contributed by atoms with E-state index in [0.717, 1.165) is 28.0 Å². The van der Waals surface area contributed by atoms with Crippen LogP contribution in [0.4, 0.5) is 11.4 Å². The number of halogens is 2. The van der Waals surface area contributed by atoms with Crippen LogP contribution in [0.15, 0.2) is 40.9 Å². The van der Waals surface area contributed by atoms with E-state index in [2.05, 4.69) is 26.6 Å². The smallest absolute Gasteiger partial charge is 0.257 e. The number of nitrogens with one attached hydrogen (secondary N) is 2. The number of anilines is 2. The number of hydrogen-bond acceptors (Lipinski definition) is 2. The molecule has 2 aromatic carbocycles. The van der Waals surface area contributed by atoms with Gasteiger partial charge in [-0.25, -0.2) is 0 Å². The molecule has 0 aromatic heterocycles. The van der Waals surface area contributed by atoms with Gasteiger partial charge >= 0.3 is 0 Å². The average molecular weight is 368 g/mol. The molecule has 0 unspecified atom stereocenters. The zero-order chi connectivity index (χ0) is 15.4. The van der Waals surface area contributed by atoms with Gasteiger partial charge in [-0.2, -0.15) is 0 Å². The molecule has 2 aromatic rings. The van der Waals surface area contributed by atoms with Crippen molar-refractivity contribution in [3.05, 3.63) is 57.0 Å². The van der Waals surface area contributed by atoms with Crippen molar-refractivity contribution in [1.82, 2.24) is 0 Å². The molecule has 0 radical (unpaired) electrons. The van der Waals surface area contributed by atoms with Gasteiger partial charge in [0.15, 0.2) is 0 Å². The molecule has 21 heavy (non-hydrogen) atoms. The first-order valence-corrected chi connectivity index (χ1v) is 7.79. The quantitative estimate of drug-likeness (QED) is 0.790. The molecular weight excluding hydrogens is 352 g/mol. The summed E-state index contributed by atoms with van der Waals surface area (Å²) in [5.41, 5.74) is 3.14. The van der Waals surface area contributed by atoms with Crippen LogP contribution in [0.2, 0.25) is 5.02 Å². The van der Waals surface area contributed by atoms with Gasteiger partial charge in [-0.1, -0.05) is 17.7 Å². The van der Waals surface area contributed by atoms with Crippen LogP contribution in [-0.4, -0.2) is 12.5 Å². The Labute approximate surface area is 137 Å². The SMILES string of the molecule is CCNc1ccc(Cl)cc1C(=O)Nc1ccc(C)cc1Br. The molecule has 0 atom stereocenters. The Morgan fingerprint density at radius 2 is 1.90 bits per heavy atom. The molecule has 0 saturated heterocycles. The van der Waals surface area contributed by atoms with Gasteiger partial charge in [-0.05, 0) is 65.7 Å². The van der Waals surface area contributed by atoms with Crippen molar-refractivity contribution in [3.63, 3.8) is 0 Å². The molecule has 5 heteroatoms. The van der Waals surface area contributed by atoms with Crippen LogP contribution in [0, 0.1) is 6.92 Å². The summed E-state index contributed by atoms with van der Waals surface area (Å²) < 4.78 is 0.850. The molecule has 110 valence electrons. The standard InChI is InChI=1S/C16H16BrClN2O/c1-3-19-14-7-5-11(18)9-12(14)16(21)20-15-6-4-10(2)8-13(15)17/h4-9,19H,3H2,1-2H3,(H,20,21). The molecule has 0 bridgehead atoms. The first kappa shape index (κ1) is 15.9. The van der Waals surface area contributed by atoms with Crippen molar-refractivity contribution < 1.29 is 4.79 Å². The van der Waals surface area contributed by atoms with Gasteiger partial charge in [-0.15, -0.1) is 0 Å². The van der Waals surface area contributed by atoms with Crippen LogP contribution < -0.4 is 10.6 Å². The highest BCUT2D eigenvalue weighted by atomic mass is 79.9. The van der Waals surface area contributed by atoms with E-state index in [9.17, 15) is 4.79 Å². The topological polar surface area (TPSA) is 41.1 Å². The molecule has 2 rings (SSSR count). The maximum Gasteiger partial charge on any atom is 0.257 e. The summed E-state index contributed by atoms with van der Waals surface area (Å²) in [5.74, 6) is -0.196. The third-order valence-electron chi connectivity index (χ3n) is 2.97. The van der Waals surface area contributed by atoms with E-state index in [-0.39, 0.29) is 5.91 Å². The van der Waals surface area contributed by atoms with E-state index in [1.165, 1.54) is 0 Å². The predicted octanol–water partition coefficient (Wildman–Crippen LogP) is 5.10. The minimum atomic E-state index is -0.196. The summed E-state index contributed by atoms with van der Waals surface area (Å²) in [6.45, 7) is 4.71. The second kappa shape index (κ2) is 6.96. The minimum Gasteiger partial charge on any atom is -0.385 e. The van der Waals surface area contributed by atoms with Gasteiger partial charge in [0.05, 0.1) is 11.3 Å². The van der Waals surface area contributed by atoms with Crippen molar-refractivity contribution in [3.8, 4) is 0 Å². The van der Waals surface area contributed by atoms with E-state index in [0.29, 0.717) is 10.6 Å². The average Bonchev–Trinajstić information content (AvgIpc) is 2.44. The minimum absolute atomic E-state index is 0.196. The van der Waals surface area contributed by atoms with E-state index < -0.39 is 0 Å². The number of aryl methyl sites for hydroxylation is 1. The van der Waals surface area contributed by atoms with E-state index in [1.54, 1.807) is 12.1 Å². The summed E-state index contributed by atoms with van der Waals surface area (Å²) in [7, 11) is 0. The van der Waals surface area contributed by atoms with E-state index in [1.807, 2.05) is 38.1 Å². The zero-order valence-corrected chi connectivity index (χ0v) is 14.2. The summed E-state index contributed by atoms with van der Waals surface area (Å²) in [4.78, 5) is 12.5. The van der Waals surface area contributed by atoms with Crippen LogP contribution in [0.25, 0.3) is 0 Å². The number of rotatable bonds is 4. The Balaban J connectivity index is 2.29. The number of benzene rings is 2. The van der Waals surface area contributed by atoms with Crippen molar-refractivity contribution in [2.24, 2.45) is 0 Å². The number of amides is 1. The lowest BCUT2D eigenvalue weighted by Crippen LogP contribution is -2.15. The maximum atomic E-state index is 12.5. The Kier molecular flexibility index (Phi) is 5.26. The zero-order valence-electron chi connectivity index (χ0n) is 11.8. The Bertz CT molecular complexity index is 673. The lowest BCUT2D eigenvalue weighted by atomic mass is 10.1. The van der Waals surface area contributed by atoms with Crippen molar-refractivity contribution in [1.29, 1.82) is 0 Å². The van der Waals surface area contributed by atoms with Crippen LogP contribution in [0.3, 0.4) is 0 Å². The number of carbonyl (C=O) groups excluding carboxylic acids is 1. The van der Waals surface area contributed by atoms with Crippen molar-refractivity contribution in [2.75, 3.05) is 17.2 Å². The largest absolute Gasteiger partial charge is 0.385 e. The molecule has 0 spiro atoms. The monoisotopic (exact) mass is 366 g/mol. The summed E-state index contributed by atoms with van der Waals surface area (Å²) in [5, 5.41) is 6.59. The first-order chi connectivity index (χ1) is 10.0. The van der Waals surface area contributed by atoms with Gasteiger partial charge < -0.3 is 10.6 Å². The lowest BCUT2D eigenvalue weighted by molar-refractivity contribution is 0.102. The summed E-state index contributed by atoms with van der Waals surface area (Å²) in [6.07, 6.45) is 0. The molecule has 0 aliphatic rings. The van der Waals surface area contributed by atoms with E-state index in [4.69, 9.17) is 11.6 Å². The highest BCUT2D eigenvalue weighted by molar-refractivity contribution is 9.10. The van der Waals surface area contributed by atoms with Crippen molar-refractivity contribution in [2.45, 2.75) is 13.8 Å². The number of carbonyl (C=O) groups is 1. The Hall–Kier alpha value is -1.52. The molecule has 3 nitrogen and oxygen atoms in total. The fourth-order valence-electron chi connectivity index (χ4n) is 1.96. The molecule has 0 fully saturated rings. The van der Waals surface area contributed by atoms with Gasteiger partial charge in [0.2, 0.25) is 0 Å². The molecule has 1 amide bonds. The lowest BCUT2D eigenvalue weighted by Gasteiger charge is -2.13. The van der Waals surface area contributed by atoms with E-state index >= 15 is 0 Å². The molecule has 0 aliphatic heterocycles. The van der Waals surface area contributed by atoms with Gasteiger partial charge in [-0.3, -0.25) is 4.79 Å². The van der Waals surface area contributed by atoms with Gasteiger partial charge in [0, 0.05) is 21.7 Å². The normalized spacial score (nSPS) is 10.3. The van der Waals surface area contributed by atoms with Crippen LogP contribution in [0.1, 0.15) is 22.8 Å². The van der Waals surface area contributed by atoms with Gasteiger partial charge in [0.25, 0.3) is 5.91 Å². The molecule has 0 saturated carbocycles. The Morgan fingerprint density at radius 3 is 2.57 bits per heavy atom. The fraction of sp³-hybridized carbons (Fsp3) is 0.188. The third kappa shape index (κ3) is 3.99. The molecule has 0 heterocycles. The second-order valence-corrected chi connectivity index (χ2v) is 5.95. The highest BCUT2D eigenvalue weighted by Crippen LogP contribution is 2.26. The van der Waals surface area contributed by atoms with Crippen molar-refractivity contribution >= 4 is 44.8 Å². The van der Waals surface area contributed by atoms with Crippen LogP contribution >= 0.6 is 27.5 Å². The van der Waals surface area contributed by atoms with Gasteiger partial charge in [0.1, 0.15) is 0 Å². The molecular formula is C16H16BrClN2O. The molecule has 0 aliphatic carbocycles. The Morgan fingerprint density at radius 1 is 1.19 bits per heavy atom.